The molecule has 0 radical (unpaired) electrons. The summed E-state index contributed by atoms with van der Waals surface area (Å²) in [5.41, 5.74) is 6.37. The molecule has 1 amide bonds. The largest absolute Gasteiger partial charge is 0.367 e. The average molecular weight is 480 g/mol. The van der Waals surface area contributed by atoms with Crippen LogP contribution in [0.25, 0.3) is 27.8 Å². The SMILES string of the molecule is C=CC(=O)N1[C@H](C)CN(c2ccc(-c3cc(-c4cnn(CC)c4)cn4ncc(C#N)c34)cc2)C[C@@H]1C. The van der Waals surface area contributed by atoms with Gasteiger partial charge in [0.2, 0.25) is 5.91 Å². The zero-order chi connectivity index (χ0) is 25.4. The van der Waals surface area contributed by atoms with Gasteiger partial charge in [0.05, 0.1) is 23.5 Å². The van der Waals surface area contributed by atoms with Crippen LogP contribution in [0.2, 0.25) is 0 Å². The maximum absolute atomic E-state index is 12.3. The van der Waals surface area contributed by atoms with Gasteiger partial charge in [0.1, 0.15) is 6.07 Å². The van der Waals surface area contributed by atoms with Crippen molar-refractivity contribution < 1.29 is 4.79 Å². The Balaban J connectivity index is 1.50. The van der Waals surface area contributed by atoms with Gasteiger partial charge in [-0.15, -0.1) is 0 Å². The molecule has 0 aliphatic carbocycles. The van der Waals surface area contributed by atoms with Crippen LogP contribution in [0.15, 0.2) is 67.8 Å². The lowest BCUT2D eigenvalue weighted by molar-refractivity contribution is -0.130. The first-order valence-corrected chi connectivity index (χ1v) is 12.2. The number of anilines is 1. The molecule has 1 aliphatic rings. The van der Waals surface area contributed by atoms with E-state index in [0.29, 0.717) is 5.56 Å². The standard InChI is InChI=1S/C28H29N7O/c1-5-27(36)35-19(3)15-32(16-20(35)4)25-9-7-21(8-10-25)26-11-22(24-14-30-33(6-2)17-24)18-34-28(26)23(12-29)13-31-34/h5,7-11,13-14,17-20H,1,6,15-16H2,2-4H3/t19-,20+. The fourth-order valence-corrected chi connectivity index (χ4v) is 5.19. The Hall–Kier alpha value is -4.38. The first-order chi connectivity index (χ1) is 17.4. The third-order valence-corrected chi connectivity index (χ3v) is 6.91. The van der Waals surface area contributed by atoms with E-state index in [-0.39, 0.29) is 18.0 Å². The summed E-state index contributed by atoms with van der Waals surface area (Å²) in [4.78, 5) is 16.5. The average Bonchev–Trinajstić information content (AvgIpc) is 3.54. The number of aromatic nitrogens is 4. The maximum atomic E-state index is 12.3. The van der Waals surface area contributed by atoms with Crippen molar-refractivity contribution in [1.29, 1.82) is 5.26 Å². The zero-order valence-electron chi connectivity index (χ0n) is 20.8. The van der Waals surface area contributed by atoms with E-state index in [9.17, 15) is 10.1 Å². The van der Waals surface area contributed by atoms with Crippen LogP contribution in [0.1, 0.15) is 26.3 Å². The fourth-order valence-electron chi connectivity index (χ4n) is 5.19. The highest BCUT2D eigenvalue weighted by atomic mass is 16.2. The summed E-state index contributed by atoms with van der Waals surface area (Å²) >= 11 is 0. The summed E-state index contributed by atoms with van der Waals surface area (Å²) in [6, 6.07) is 13.0. The van der Waals surface area contributed by atoms with Gasteiger partial charge in [0, 0.05) is 66.5 Å². The molecule has 2 atom stereocenters. The first kappa shape index (κ1) is 23.4. The molecule has 8 heteroatoms. The summed E-state index contributed by atoms with van der Waals surface area (Å²) in [7, 11) is 0. The zero-order valence-corrected chi connectivity index (χ0v) is 20.8. The molecule has 8 nitrogen and oxygen atoms in total. The number of pyridine rings is 1. The van der Waals surface area contributed by atoms with Gasteiger partial charge in [0.15, 0.2) is 0 Å². The van der Waals surface area contributed by atoms with Gasteiger partial charge in [-0.3, -0.25) is 9.48 Å². The maximum Gasteiger partial charge on any atom is 0.246 e. The minimum absolute atomic E-state index is 0.0209. The Labute approximate surface area is 210 Å². The number of piperazine rings is 1. The molecule has 3 aromatic heterocycles. The Morgan fingerprint density at radius 1 is 1.08 bits per heavy atom. The van der Waals surface area contributed by atoms with Crippen LogP contribution in [0.5, 0.6) is 0 Å². The third kappa shape index (κ3) is 4.03. The molecule has 1 aliphatic heterocycles. The van der Waals surface area contributed by atoms with E-state index in [1.54, 1.807) is 10.7 Å². The summed E-state index contributed by atoms with van der Waals surface area (Å²) in [6.45, 7) is 12.2. The Morgan fingerprint density at radius 3 is 2.42 bits per heavy atom. The lowest BCUT2D eigenvalue weighted by Crippen LogP contribution is -2.58. The number of hydrogen-bond acceptors (Lipinski definition) is 5. The number of benzene rings is 1. The number of fused-ring (bicyclic) bond motifs is 1. The van der Waals surface area contributed by atoms with Crippen molar-refractivity contribution in [2.24, 2.45) is 0 Å². The molecule has 0 N–H and O–H groups in total. The molecule has 36 heavy (non-hydrogen) atoms. The quantitative estimate of drug-likeness (QED) is 0.397. The molecule has 1 aromatic carbocycles. The monoisotopic (exact) mass is 479 g/mol. The number of carbonyl (C=O) groups excluding carboxylic acids is 1. The van der Waals surface area contributed by atoms with Crippen molar-refractivity contribution >= 4 is 17.1 Å². The van der Waals surface area contributed by atoms with E-state index in [2.05, 4.69) is 78.8 Å². The summed E-state index contributed by atoms with van der Waals surface area (Å²) in [5.74, 6) is -0.0209. The van der Waals surface area contributed by atoms with E-state index in [1.807, 2.05) is 28.2 Å². The van der Waals surface area contributed by atoms with Crippen LogP contribution in [-0.2, 0) is 11.3 Å². The fraction of sp³-hybridized carbons (Fsp3) is 0.286. The van der Waals surface area contributed by atoms with Crippen molar-refractivity contribution in [3.63, 3.8) is 0 Å². The number of carbonyl (C=O) groups is 1. The van der Waals surface area contributed by atoms with Gasteiger partial charge in [-0.05, 0) is 50.6 Å². The van der Waals surface area contributed by atoms with Gasteiger partial charge in [-0.1, -0.05) is 18.7 Å². The Morgan fingerprint density at radius 2 is 1.81 bits per heavy atom. The summed E-state index contributed by atoms with van der Waals surface area (Å²) < 4.78 is 3.67. The van der Waals surface area contributed by atoms with Crippen LogP contribution >= 0.6 is 0 Å². The first-order valence-electron chi connectivity index (χ1n) is 12.2. The van der Waals surface area contributed by atoms with Crippen molar-refractivity contribution in [1.82, 2.24) is 24.3 Å². The number of amides is 1. The second kappa shape index (κ2) is 9.34. The van der Waals surface area contributed by atoms with Gasteiger partial charge < -0.3 is 9.80 Å². The third-order valence-electron chi connectivity index (χ3n) is 6.91. The molecule has 0 unspecified atom stereocenters. The van der Waals surface area contributed by atoms with E-state index < -0.39 is 0 Å². The molecular formula is C28H29N7O. The molecule has 1 saturated heterocycles. The molecule has 182 valence electrons. The van der Waals surface area contributed by atoms with E-state index in [1.165, 1.54) is 6.08 Å². The second-order valence-electron chi connectivity index (χ2n) is 9.29. The minimum atomic E-state index is -0.0209. The minimum Gasteiger partial charge on any atom is -0.367 e. The Bertz CT molecular complexity index is 1460. The number of nitrogens with zero attached hydrogens (tertiary/aromatic N) is 7. The van der Waals surface area contributed by atoms with Gasteiger partial charge in [-0.2, -0.15) is 15.5 Å². The highest BCUT2D eigenvalue weighted by Crippen LogP contribution is 2.33. The lowest BCUT2D eigenvalue weighted by atomic mass is 9.99. The Kier molecular flexibility index (Phi) is 6.06. The van der Waals surface area contributed by atoms with Crippen LogP contribution in [0.4, 0.5) is 5.69 Å². The van der Waals surface area contributed by atoms with Crippen LogP contribution in [-0.4, -0.2) is 55.4 Å². The predicted octanol–water partition coefficient (Wildman–Crippen LogP) is 4.37. The van der Waals surface area contributed by atoms with Gasteiger partial charge >= 0.3 is 0 Å². The summed E-state index contributed by atoms with van der Waals surface area (Å²) in [6.07, 6.45) is 8.82. The molecule has 4 aromatic rings. The van der Waals surface area contributed by atoms with Crippen LogP contribution < -0.4 is 4.90 Å². The number of aryl methyl sites for hydroxylation is 1. The highest BCUT2D eigenvalue weighted by molar-refractivity contribution is 5.89. The smallest absolute Gasteiger partial charge is 0.246 e. The van der Waals surface area contributed by atoms with E-state index in [0.717, 1.165) is 53.1 Å². The van der Waals surface area contributed by atoms with Crippen molar-refractivity contribution in [2.75, 3.05) is 18.0 Å². The molecule has 0 saturated carbocycles. The van der Waals surface area contributed by atoms with E-state index in [4.69, 9.17) is 0 Å². The molecule has 0 bridgehead atoms. The van der Waals surface area contributed by atoms with Crippen molar-refractivity contribution in [3.05, 3.63) is 73.3 Å². The van der Waals surface area contributed by atoms with Crippen molar-refractivity contribution in [3.8, 4) is 28.3 Å². The van der Waals surface area contributed by atoms with Crippen molar-refractivity contribution in [2.45, 2.75) is 39.4 Å². The van der Waals surface area contributed by atoms with Crippen LogP contribution in [0.3, 0.4) is 0 Å². The van der Waals surface area contributed by atoms with Crippen LogP contribution in [0, 0.1) is 11.3 Å². The molecule has 0 spiro atoms. The summed E-state index contributed by atoms with van der Waals surface area (Å²) in [5, 5.41) is 18.6. The molecule has 5 rings (SSSR count). The number of hydrogen-bond donors (Lipinski definition) is 0. The molecule has 1 fully saturated rings. The van der Waals surface area contributed by atoms with E-state index >= 15 is 0 Å². The second-order valence-corrected chi connectivity index (χ2v) is 9.29. The topological polar surface area (TPSA) is 82.5 Å². The molecule has 4 heterocycles. The predicted molar refractivity (Wildman–Crippen MR) is 140 cm³/mol. The van der Waals surface area contributed by atoms with Gasteiger partial charge in [0.25, 0.3) is 0 Å². The lowest BCUT2D eigenvalue weighted by Gasteiger charge is -2.45. The number of nitriles is 1. The van der Waals surface area contributed by atoms with Gasteiger partial charge in [-0.25, -0.2) is 4.52 Å². The highest BCUT2D eigenvalue weighted by Gasteiger charge is 2.31. The molecular weight excluding hydrogens is 450 g/mol. The normalized spacial score (nSPS) is 17.8. The number of rotatable bonds is 5.